The molecule has 0 aliphatic heterocycles. The number of aromatic nitrogens is 1. The lowest BCUT2D eigenvalue weighted by Gasteiger charge is -2.25. The van der Waals surface area contributed by atoms with E-state index >= 15 is 0 Å². The zero-order chi connectivity index (χ0) is 14.0. The highest BCUT2D eigenvalue weighted by Gasteiger charge is 2.33. The number of nitrogens with one attached hydrogen (secondary N) is 1. The summed E-state index contributed by atoms with van der Waals surface area (Å²) in [5, 5.41) is 3.50. The molecule has 0 radical (unpaired) electrons. The summed E-state index contributed by atoms with van der Waals surface area (Å²) in [4.78, 5) is 18.4. The normalized spacial score (nSPS) is 16.0. The number of amides is 1. The van der Waals surface area contributed by atoms with E-state index in [1.807, 2.05) is 14.0 Å². The summed E-state index contributed by atoms with van der Waals surface area (Å²) in [5.41, 5.74) is 0.516. The topological polar surface area (TPSA) is 45.2 Å². The fraction of sp³-hybridized carbons (Fsp3) is 0.571. The zero-order valence-electron chi connectivity index (χ0n) is 11.6. The standard InChI is InChI=1S/C14H20ClN3O/c1-4-16-13-7-11(12(15)8-17-13)14(19)18(3)9(2)10-5-6-10/h7-10H,4-6H2,1-3H3,(H,16,17). The summed E-state index contributed by atoms with van der Waals surface area (Å²) in [6.45, 7) is 4.84. The first-order valence-corrected chi connectivity index (χ1v) is 7.09. The Bertz CT molecular complexity index is 474. The molecule has 1 unspecified atom stereocenters. The molecule has 0 saturated heterocycles. The number of hydrogen-bond acceptors (Lipinski definition) is 3. The highest BCUT2D eigenvalue weighted by molar-refractivity contribution is 6.33. The van der Waals surface area contributed by atoms with Crippen LogP contribution >= 0.6 is 11.6 Å². The van der Waals surface area contributed by atoms with Crippen LogP contribution < -0.4 is 5.32 Å². The third-order valence-corrected chi connectivity index (χ3v) is 3.98. The van der Waals surface area contributed by atoms with Crippen LogP contribution in [0.15, 0.2) is 12.3 Å². The first-order valence-electron chi connectivity index (χ1n) is 6.71. The number of nitrogens with zero attached hydrogens (tertiary/aromatic N) is 2. The van der Waals surface area contributed by atoms with Crippen molar-refractivity contribution in [3.63, 3.8) is 0 Å². The monoisotopic (exact) mass is 281 g/mol. The number of rotatable bonds is 5. The van der Waals surface area contributed by atoms with Crippen LogP contribution in [-0.4, -0.2) is 35.4 Å². The molecule has 1 aliphatic carbocycles. The molecule has 1 heterocycles. The van der Waals surface area contributed by atoms with Crippen molar-refractivity contribution in [2.45, 2.75) is 32.7 Å². The maximum absolute atomic E-state index is 12.5. The molecule has 104 valence electrons. The number of halogens is 1. The maximum atomic E-state index is 12.5. The number of hydrogen-bond donors (Lipinski definition) is 1. The van der Waals surface area contributed by atoms with E-state index in [0.29, 0.717) is 22.3 Å². The molecule has 0 aromatic carbocycles. The van der Waals surface area contributed by atoms with Gasteiger partial charge in [-0.05, 0) is 38.7 Å². The smallest absolute Gasteiger partial charge is 0.255 e. The van der Waals surface area contributed by atoms with Gasteiger partial charge in [0.05, 0.1) is 10.6 Å². The maximum Gasteiger partial charge on any atom is 0.255 e. The molecule has 1 aromatic rings. The first kappa shape index (κ1) is 14.1. The first-order chi connectivity index (χ1) is 9.04. The summed E-state index contributed by atoms with van der Waals surface area (Å²) in [6.07, 6.45) is 3.96. The van der Waals surface area contributed by atoms with Gasteiger partial charge in [0, 0.05) is 25.8 Å². The minimum Gasteiger partial charge on any atom is -0.370 e. The van der Waals surface area contributed by atoms with Crippen molar-refractivity contribution in [2.24, 2.45) is 5.92 Å². The molecule has 1 fully saturated rings. The predicted octanol–water partition coefficient (Wildman–Crippen LogP) is 3.04. The van der Waals surface area contributed by atoms with Crippen LogP contribution in [0.4, 0.5) is 5.82 Å². The molecular weight excluding hydrogens is 262 g/mol. The van der Waals surface area contributed by atoms with Crippen LogP contribution in [0.5, 0.6) is 0 Å². The highest BCUT2D eigenvalue weighted by atomic mass is 35.5. The highest BCUT2D eigenvalue weighted by Crippen LogP contribution is 2.35. The molecule has 5 heteroatoms. The Morgan fingerprint density at radius 1 is 1.63 bits per heavy atom. The molecule has 1 aliphatic rings. The Morgan fingerprint density at radius 3 is 2.89 bits per heavy atom. The summed E-state index contributed by atoms with van der Waals surface area (Å²) >= 11 is 6.10. The Morgan fingerprint density at radius 2 is 2.32 bits per heavy atom. The third-order valence-electron chi connectivity index (χ3n) is 3.68. The molecule has 0 bridgehead atoms. The van der Waals surface area contributed by atoms with E-state index in [2.05, 4.69) is 17.2 Å². The Hall–Kier alpha value is -1.29. The van der Waals surface area contributed by atoms with E-state index in [4.69, 9.17) is 11.6 Å². The quantitative estimate of drug-likeness (QED) is 0.902. The molecule has 1 atom stereocenters. The van der Waals surface area contributed by atoms with Gasteiger partial charge in [-0.3, -0.25) is 4.79 Å². The fourth-order valence-electron chi connectivity index (χ4n) is 2.15. The minimum atomic E-state index is -0.0362. The Kier molecular flexibility index (Phi) is 4.30. The van der Waals surface area contributed by atoms with Crippen molar-refractivity contribution in [3.05, 3.63) is 22.8 Å². The molecule has 1 aromatic heterocycles. The van der Waals surface area contributed by atoms with E-state index in [9.17, 15) is 4.79 Å². The summed E-state index contributed by atoms with van der Waals surface area (Å²) < 4.78 is 0. The lowest BCUT2D eigenvalue weighted by molar-refractivity contribution is 0.0727. The molecular formula is C14H20ClN3O. The Labute approximate surface area is 119 Å². The number of carbonyl (C=O) groups excluding carboxylic acids is 1. The fourth-order valence-corrected chi connectivity index (χ4v) is 2.33. The predicted molar refractivity (Wildman–Crippen MR) is 77.7 cm³/mol. The van der Waals surface area contributed by atoms with Crippen molar-refractivity contribution in [1.29, 1.82) is 0 Å². The van der Waals surface area contributed by atoms with Gasteiger partial charge < -0.3 is 10.2 Å². The van der Waals surface area contributed by atoms with Gasteiger partial charge in [-0.1, -0.05) is 11.6 Å². The van der Waals surface area contributed by atoms with E-state index in [1.54, 1.807) is 11.0 Å². The molecule has 2 rings (SSSR count). The van der Waals surface area contributed by atoms with Gasteiger partial charge in [0.2, 0.25) is 0 Å². The summed E-state index contributed by atoms with van der Waals surface area (Å²) in [5.74, 6) is 1.29. The zero-order valence-corrected chi connectivity index (χ0v) is 12.4. The van der Waals surface area contributed by atoms with Crippen LogP contribution in [0.2, 0.25) is 5.02 Å². The van der Waals surface area contributed by atoms with Crippen molar-refractivity contribution in [2.75, 3.05) is 18.9 Å². The van der Waals surface area contributed by atoms with Gasteiger partial charge in [0.25, 0.3) is 5.91 Å². The van der Waals surface area contributed by atoms with Crippen molar-refractivity contribution >= 4 is 23.3 Å². The molecule has 0 spiro atoms. The van der Waals surface area contributed by atoms with E-state index < -0.39 is 0 Å². The molecule has 1 N–H and O–H groups in total. The van der Waals surface area contributed by atoms with Crippen LogP contribution in [0.3, 0.4) is 0 Å². The SMILES string of the molecule is CCNc1cc(C(=O)N(C)C(C)C2CC2)c(Cl)cn1. The number of anilines is 1. The largest absolute Gasteiger partial charge is 0.370 e. The van der Waals surface area contributed by atoms with Gasteiger partial charge in [-0.2, -0.15) is 0 Å². The van der Waals surface area contributed by atoms with Gasteiger partial charge >= 0.3 is 0 Å². The number of pyridine rings is 1. The van der Waals surface area contributed by atoms with Gasteiger partial charge in [-0.15, -0.1) is 0 Å². The van der Waals surface area contributed by atoms with Crippen LogP contribution in [0.25, 0.3) is 0 Å². The van der Waals surface area contributed by atoms with Crippen molar-refractivity contribution < 1.29 is 4.79 Å². The number of carbonyl (C=O) groups is 1. The second-order valence-corrected chi connectivity index (χ2v) is 5.48. The van der Waals surface area contributed by atoms with Gasteiger partial charge in [-0.25, -0.2) is 4.98 Å². The average molecular weight is 282 g/mol. The third kappa shape index (κ3) is 3.18. The molecule has 1 saturated carbocycles. The van der Waals surface area contributed by atoms with Gasteiger partial charge in [0.15, 0.2) is 0 Å². The van der Waals surface area contributed by atoms with Crippen molar-refractivity contribution in [1.82, 2.24) is 9.88 Å². The van der Waals surface area contributed by atoms with E-state index in [-0.39, 0.29) is 11.9 Å². The summed E-state index contributed by atoms with van der Waals surface area (Å²) in [7, 11) is 1.84. The van der Waals surface area contributed by atoms with Crippen LogP contribution in [0.1, 0.15) is 37.0 Å². The van der Waals surface area contributed by atoms with Crippen LogP contribution in [-0.2, 0) is 0 Å². The molecule has 19 heavy (non-hydrogen) atoms. The van der Waals surface area contributed by atoms with E-state index in [0.717, 1.165) is 6.54 Å². The average Bonchev–Trinajstić information content (AvgIpc) is 3.23. The lowest BCUT2D eigenvalue weighted by atomic mass is 10.1. The van der Waals surface area contributed by atoms with Crippen LogP contribution in [0, 0.1) is 5.92 Å². The molecule has 4 nitrogen and oxygen atoms in total. The van der Waals surface area contributed by atoms with Crippen molar-refractivity contribution in [3.8, 4) is 0 Å². The lowest BCUT2D eigenvalue weighted by Crippen LogP contribution is -2.36. The minimum absolute atomic E-state index is 0.0362. The molecule has 1 amide bonds. The second-order valence-electron chi connectivity index (χ2n) is 5.07. The Balaban J connectivity index is 2.19. The van der Waals surface area contributed by atoms with Gasteiger partial charge in [0.1, 0.15) is 5.82 Å². The van der Waals surface area contributed by atoms with E-state index in [1.165, 1.54) is 19.0 Å². The second kappa shape index (κ2) is 5.78. The summed E-state index contributed by atoms with van der Waals surface area (Å²) in [6, 6.07) is 1.99.